The fourth-order valence-corrected chi connectivity index (χ4v) is 0.121. The van der Waals surface area contributed by atoms with E-state index in [2.05, 4.69) is 3.32 Å². The van der Waals surface area contributed by atoms with E-state index < -0.39 is 0 Å². The predicted molar refractivity (Wildman–Crippen MR) is 11.6 cm³/mol. The van der Waals surface area contributed by atoms with Crippen molar-refractivity contribution in [3.8, 4) is 0 Å². The van der Waals surface area contributed by atoms with Crippen molar-refractivity contribution in [2.75, 3.05) is 6.61 Å². The molecule has 0 aromatic carbocycles. The van der Waals surface area contributed by atoms with Crippen molar-refractivity contribution in [3.05, 3.63) is 0 Å². The molecule has 0 spiro atoms. The standard InChI is InChI=1S/C2H2O2.Ti/c3-1-2-4;/h1H2;/q-1;+1. The SMILES string of the molecule is O=[C]C[O][Ti]. The summed E-state index contributed by atoms with van der Waals surface area (Å²) in [5.74, 6) is 0. The molecule has 0 heterocycles. The van der Waals surface area contributed by atoms with Crippen molar-refractivity contribution in [3.63, 3.8) is 0 Å². The Morgan fingerprint density at radius 2 is 2.60 bits per heavy atom. The van der Waals surface area contributed by atoms with Gasteiger partial charge in [0.05, 0.1) is 0 Å². The van der Waals surface area contributed by atoms with Gasteiger partial charge in [-0.2, -0.15) is 0 Å². The fourth-order valence-electron chi connectivity index (χ4n) is 0.0295. The van der Waals surface area contributed by atoms with Crippen LogP contribution in [-0.2, 0) is 28.9 Å². The molecule has 0 saturated heterocycles. The molecule has 0 amide bonds. The molecule has 0 aliphatic carbocycles. The van der Waals surface area contributed by atoms with Crippen LogP contribution in [-0.4, -0.2) is 12.9 Å². The average Bonchev–Trinajstić information content (AvgIpc) is 1.41. The van der Waals surface area contributed by atoms with Gasteiger partial charge in [-0.3, -0.25) is 0 Å². The molecule has 0 unspecified atom stereocenters. The van der Waals surface area contributed by atoms with Crippen LogP contribution < -0.4 is 0 Å². The first kappa shape index (κ1) is 5.34. The Morgan fingerprint density at radius 1 is 2.00 bits per heavy atom. The number of hydrogen-bond donors (Lipinski definition) is 0. The van der Waals surface area contributed by atoms with Crippen molar-refractivity contribution in [1.82, 2.24) is 0 Å². The first-order valence-corrected chi connectivity index (χ1v) is 1.69. The molecule has 0 aromatic heterocycles. The van der Waals surface area contributed by atoms with Crippen LogP contribution in [0.5, 0.6) is 0 Å². The second-order valence-electron chi connectivity index (χ2n) is 0.433. The van der Waals surface area contributed by atoms with Gasteiger partial charge in [-0.1, -0.05) is 0 Å². The summed E-state index contributed by atoms with van der Waals surface area (Å²) in [6.07, 6.45) is 1.55. The van der Waals surface area contributed by atoms with Gasteiger partial charge in [0, 0.05) is 0 Å². The van der Waals surface area contributed by atoms with Crippen LogP contribution in [0.15, 0.2) is 0 Å². The molecule has 5 heavy (non-hydrogen) atoms. The molecule has 0 aliphatic rings. The van der Waals surface area contributed by atoms with Gasteiger partial charge in [0.15, 0.2) is 0 Å². The van der Waals surface area contributed by atoms with Crippen molar-refractivity contribution >= 4 is 6.29 Å². The van der Waals surface area contributed by atoms with Gasteiger partial charge in [0.25, 0.3) is 0 Å². The number of carbonyl (C=O) groups excluding carboxylic acids is 1. The Hall–Kier alpha value is 0.344. The van der Waals surface area contributed by atoms with E-state index in [9.17, 15) is 0 Å². The van der Waals surface area contributed by atoms with Crippen LogP contribution >= 0.6 is 0 Å². The molecule has 26 valence electrons. The van der Waals surface area contributed by atoms with Gasteiger partial charge in [0.1, 0.15) is 0 Å². The molecule has 0 N–H and O–H groups in total. The van der Waals surface area contributed by atoms with E-state index in [-0.39, 0.29) is 6.61 Å². The van der Waals surface area contributed by atoms with E-state index in [1.807, 2.05) is 0 Å². The van der Waals surface area contributed by atoms with Gasteiger partial charge in [-0.05, 0) is 0 Å². The van der Waals surface area contributed by atoms with Crippen LogP contribution in [0, 0.1) is 0 Å². The summed E-state index contributed by atoms with van der Waals surface area (Å²) in [6.45, 7) is 0.0833. The van der Waals surface area contributed by atoms with E-state index in [1.54, 1.807) is 6.29 Å². The predicted octanol–water partition coefficient (Wildman–Crippen LogP) is -0.425. The van der Waals surface area contributed by atoms with Gasteiger partial charge in [-0.15, -0.1) is 0 Å². The Labute approximate surface area is 42.4 Å². The zero-order chi connectivity index (χ0) is 4.12. The van der Waals surface area contributed by atoms with Crippen molar-refractivity contribution in [2.45, 2.75) is 0 Å². The molecule has 0 aromatic rings. The van der Waals surface area contributed by atoms with Crippen molar-refractivity contribution in [2.24, 2.45) is 0 Å². The molecule has 0 bridgehead atoms. The van der Waals surface area contributed by atoms with E-state index in [1.165, 1.54) is 20.8 Å². The molecule has 0 rings (SSSR count). The summed E-state index contributed by atoms with van der Waals surface area (Å²) in [6, 6.07) is 0. The monoisotopic (exact) mass is 106 g/mol. The second kappa shape index (κ2) is 4.34. The van der Waals surface area contributed by atoms with Crippen LogP contribution in [0.2, 0.25) is 0 Å². The Kier molecular flexibility index (Phi) is 4.64. The summed E-state index contributed by atoms with van der Waals surface area (Å²) in [7, 11) is 0. The molecule has 3 heteroatoms. The molecule has 0 aliphatic heterocycles. The number of hydrogen-bond acceptors (Lipinski definition) is 2. The van der Waals surface area contributed by atoms with E-state index in [4.69, 9.17) is 4.79 Å². The van der Waals surface area contributed by atoms with Gasteiger partial charge in [-0.25, -0.2) is 0 Å². The topological polar surface area (TPSA) is 26.3 Å². The minimum atomic E-state index is 0.0833. The molecule has 0 fully saturated rings. The Morgan fingerprint density at radius 3 is 2.60 bits per heavy atom. The third-order valence-corrected chi connectivity index (χ3v) is 0.356. The summed E-state index contributed by atoms with van der Waals surface area (Å²) in [5.41, 5.74) is 0. The number of rotatable bonds is 2. The molecular weight excluding hydrogens is 104 g/mol. The first-order valence-electron chi connectivity index (χ1n) is 1.05. The van der Waals surface area contributed by atoms with Crippen molar-refractivity contribution < 1.29 is 28.9 Å². The van der Waals surface area contributed by atoms with Crippen LogP contribution in [0.25, 0.3) is 0 Å². The second-order valence-corrected chi connectivity index (χ2v) is 0.884. The molecule has 0 saturated carbocycles. The van der Waals surface area contributed by atoms with Gasteiger partial charge < -0.3 is 0 Å². The maximum absolute atomic E-state index is 9.15. The normalized spacial score (nSPS) is 7.00. The Balaban J connectivity index is 2.40. The zero-order valence-corrected chi connectivity index (χ0v) is 4.09. The van der Waals surface area contributed by atoms with Gasteiger partial charge >= 0.3 is 41.8 Å². The van der Waals surface area contributed by atoms with Crippen LogP contribution in [0.1, 0.15) is 0 Å². The summed E-state index contributed by atoms with van der Waals surface area (Å²) in [4.78, 5) is 9.15. The third kappa shape index (κ3) is 4.34. The van der Waals surface area contributed by atoms with E-state index in [0.29, 0.717) is 0 Å². The Bertz CT molecular complexity index is 28.8. The van der Waals surface area contributed by atoms with Crippen LogP contribution in [0.3, 0.4) is 0 Å². The zero-order valence-electron chi connectivity index (χ0n) is 2.52. The molecule has 2 nitrogen and oxygen atoms in total. The summed E-state index contributed by atoms with van der Waals surface area (Å²) in [5, 5.41) is 0. The third-order valence-electron chi connectivity index (χ3n) is 0.131. The van der Waals surface area contributed by atoms with E-state index in [0.717, 1.165) is 0 Å². The van der Waals surface area contributed by atoms with Gasteiger partial charge in [0.2, 0.25) is 0 Å². The first-order chi connectivity index (χ1) is 2.41. The average molecular weight is 106 g/mol. The fraction of sp³-hybridized carbons (Fsp3) is 0.500. The molecule has 1 radical (unpaired) electrons. The summed E-state index contributed by atoms with van der Waals surface area (Å²) < 4.78 is 4.27. The molecular formula is C2H2O2Ti. The summed E-state index contributed by atoms with van der Waals surface area (Å²) >= 11 is 1.45. The van der Waals surface area contributed by atoms with E-state index >= 15 is 0 Å². The molecule has 0 atom stereocenters. The minimum absolute atomic E-state index is 0.0833. The van der Waals surface area contributed by atoms with Crippen molar-refractivity contribution in [1.29, 1.82) is 0 Å². The maximum atomic E-state index is 9.15. The quantitative estimate of drug-likeness (QED) is 0.446. The van der Waals surface area contributed by atoms with Crippen LogP contribution in [0.4, 0.5) is 0 Å².